The third-order valence-electron chi connectivity index (χ3n) is 4.34. The quantitative estimate of drug-likeness (QED) is 0.419. The predicted octanol–water partition coefficient (Wildman–Crippen LogP) is 4.21. The van der Waals surface area contributed by atoms with Crippen molar-refractivity contribution in [2.75, 3.05) is 11.1 Å². The number of benzene rings is 2. The topological polar surface area (TPSA) is 80.0 Å². The number of nitrogens with zero attached hydrogens (tertiary/aromatic N) is 3. The van der Waals surface area contributed by atoms with Crippen molar-refractivity contribution in [1.29, 1.82) is 0 Å². The molecule has 4 rings (SSSR count). The fraction of sp³-hybridized carbons (Fsp3) is 0.190. The van der Waals surface area contributed by atoms with E-state index in [-0.39, 0.29) is 24.1 Å². The van der Waals surface area contributed by atoms with Gasteiger partial charge in [0.2, 0.25) is 5.91 Å². The number of hydrogen-bond donors (Lipinski definition) is 2. The first-order chi connectivity index (χ1) is 14.5. The molecule has 2 N–H and O–H groups in total. The summed E-state index contributed by atoms with van der Waals surface area (Å²) in [5.41, 5.74) is 3.42. The molecule has 0 unspecified atom stereocenters. The molecule has 9 heteroatoms. The van der Waals surface area contributed by atoms with Gasteiger partial charge in [-0.3, -0.25) is 4.79 Å². The predicted molar refractivity (Wildman–Crippen MR) is 117 cm³/mol. The van der Waals surface area contributed by atoms with Crippen molar-refractivity contribution in [2.24, 2.45) is 0 Å². The Morgan fingerprint density at radius 2 is 2.03 bits per heavy atom. The molecule has 154 valence electrons. The van der Waals surface area contributed by atoms with Gasteiger partial charge in [-0.25, -0.2) is 14.4 Å². The number of aliphatic hydroxyl groups is 1. The molecule has 2 aromatic carbocycles. The van der Waals surface area contributed by atoms with E-state index in [1.54, 1.807) is 18.3 Å². The normalized spacial score (nSPS) is 11.2. The molecule has 0 aliphatic carbocycles. The standard InChI is InChI=1S/C21H19FN4O2S2/c1-13-2-7-17-18(8-13)30-20(24-17)25-19(28)12-29-21-23-16(11-27)10-26(21)9-14-3-5-15(22)6-4-14/h2-8,10,27H,9,11-12H2,1H3,(H,24,25,28). The maximum absolute atomic E-state index is 13.1. The lowest BCUT2D eigenvalue weighted by Crippen LogP contribution is -2.14. The molecule has 0 aliphatic rings. The van der Waals surface area contributed by atoms with Gasteiger partial charge in [-0.15, -0.1) is 0 Å². The van der Waals surface area contributed by atoms with E-state index in [9.17, 15) is 14.3 Å². The molecule has 4 aromatic rings. The van der Waals surface area contributed by atoms with Crippen LogP contribution in [0.25, 0.3) is 10.2 Å². The molecule has 6 nitrogen and oxygen atoms in total. The van der Waals surface area contributed by atoms with Crippen LogP contribution in [0.5, 0.6) is 0 Å². The highest BCUT2D eigenvalue weighted by atomic mass is 32.2. The molecule has 0 saturated heterocycles. The lowest BCUT2D eigenvalue weighted by atomic mass is 10.2. The van der Waals surface area contributed by atoms with Gasteiger partial charge < -0.3 is 15.0 Å². The first kappa shape index (κ1) is 20.5. The second-order valence-electron chi connectivity index (χ2n) is 6.75. The number of nitrogens with one attached hydrogen (secondary N) is 1. The smallest absolute Gasteiger partial charge is 0.236 e. The minimum absolute atomic E-state index is 0.153. The number of carbonyl (C=O) groups excluding carboxylic acids is 1. The average molecular weight is 443 g/mol. The van der Waals surface area contributed by atoms with Crippen LogP contribution in [0.15, 0.2) is 53.8 Å². The number of thiazole rings is 1. The summed E-state index contributed by atoms with van der Waals surface area (Å²) in [7, 11) is 0. The fourth-order valence-corrected chi connectivity index (χ4v) is 4.69. The van der Waals surface area contributed by atoms with Crippen LogP contribution >= 0.6 is 23.1 Å². The number of aromatic nitrogens is 3. The number of hydrogen-bond acceptors (Lipinski definition) is 6. The van der Waals surface area contributed by atoms with E-state index in [0.717, 1.165) is 21.3 Å². The first-order valence-corrected chi connectivity index (χ1v) is 11.0. The lowest BCUT2D eigenvalue weighted by molar-refractivity contribution is -0.113. The number of fused-ring (bicyclic) bond motifs is 1. The molecule has 1 amide bonds. The van der Waals surface area contributed by atoms with Crippen molar-refractivity contribution in [3.8, 4) is 0 Å². The Morgan fingerprint density at radius 3 is 2.80 bits per heavy atom. The van der Waals surface area contributed by atoms with Gasteiger partial charge in [0, 0.05) is 12.7 Å². The summed E-state index contributed by atoms with van der Waals surface area (Å²) in [5.74, 6) is -0.324. The Kier molecular flexibility index (Phi) is 6.12. The van der Waals surface area contributed by atoms with Gasteiger partial charge >= 0.3 is 0 Å². The minimum atomic E-state index is -0.295. The van der Waals surface area contributed by atoms with Crippen molar-refractivity contribution in [1.82, 2.24) is 14.5 Å². The summed E-state index contributed by atoms with van der Waals surface area (Å²) in [5, 5.41) is 13.4. The summed E-state index contributed by atoms with van der Waals surface area (Å²) in [4.78, 5) is 21.2. The molecular weight excluding hydrogens is 423 g/mol. The van der Waals surface area contributed by atoms with Gasteiger partial charge in [0.15, 0.2) is 10.3 Å². The van der Waals surface area contributed by atoms with Gasteiger partial charge in [0.05, 0.1) is 28.3 Å². The third-order valence-corrected chi connectivity index (χ3v) is 6.26. The molecule has 0 spiro atoms. The van der Waals surface area contributed by atoms with Crippen molar-refractivity contribution in [2.45, 2.75) is 25.2 Å². The Bertz CT molecular complexity index is 1190. The highest BCUT2D eigenvalue weighted by Gasteiger charge is 2.13. The Labute approximate surface area is 180 Å². The second-order valence-corrected chi connectivity index (χ2v) is 8.73. The maximum Gasteiger partial charge on any atom is 0.236 e. The number of carbonyl (C=O) groups is 1. The van der Waals surface area contributed by atoms with Crippen molar-refractivity contribution in [3.05, 3.63) is 71.3 Å². The summed E-state index contributed by atoms with van der Waals surface area (Å²) in [6.07, 6.45) is 1.74. The number of thioether (sulfide) groups is 1. The van der Waals surface area contributed by atoms with Gasteiger partial charge in [0.25, 0.3) is 0 Å². The van der Waals surface area contributed by atoms with Crippen molar-refractivity contribution >= 4 is 44.4 Å². The number of anilines is 1. The summed E-state index contributed by atoms with van der Waals surface area (Å²) >= 11 is 2.71. The van der Waals surface area contributed by atoms with E-state index in [2.05, 4.69) is 15.3 Å². The molecule has 30 heavy (non-hydrogen) atoms. The monoisotopic (exact) mass is 442 g/mol. The van der Waals surface area contributed by atoms with Crippen LogP contribution in [0.4, 0.5) is 9.52 Å². The van der Waals surface area contributed by atoms with Crippen molar-refractivity contribution in [3.63, 3.8) is 0 Å². The van der Waals surface area contributed by atoms with Crippen LogP contribution in [0, 0.1) is 12.7 Å². The molecule has 2 heterocycles. The largest absolute Gasteiger partial charge is 0.390 e. The van der Waals surface area contributed by atoms with E-state index < -0.39 is 0 Å². The van der Waals surface area contributed by atoms with E-state index in [1.807, 2.05) is 29.7 Å². The fourth-order valence-electron chi connectivity index (χ4n) is 2.91. The molecule has 0 bridgehead atoms. The molecule has 0 aliphatic heterocycles. The lowest BCUT2D eigenvalue weighted by Gasteiger charge is -2.07. The molecule has 0 fully saturated rings. The summed E-state index contributed by atoms with van der Waals surface area (Å²) in [6.45, 7) is 2.29. The Hall–Kier alpha value is -2.75. The summed E-state index contributed by atoms with van der Waals surface area (Å²) < 4.78 is 16.0. The van der Waals surface area contributed by atoms with Crippen LogP contribution in [-0.2, 0) is 17.9 Å². The van der Waals surface area contributed by atoms with Crippen LogP contribution in [0.3, 0.4) is 0 Å². The van der Waals surface area contributed by atoms with Crippen LogP contribution < -0.4 is 5.32 Å². The highest BCUT2D eigenvalue weighted by molar-refractivity contribution is 7.99. The van der Waals surface area contributed by atoms with Crippen LogP contribution in [-0.4, -0.2) is 31.3 Å². The number of aryl methyl sites for hydroxylation is 1. The first-order valence-electron chi connectivity index (χ1n) is 9.21. The SMILES string of the molecule is Cc1ccc2nc(NC(=O)CSc3nc(CO)cn3Cc3ccc(F)cc3)sc2c1. The number of rotatable bonds is 7. The molecule has 0 atom stereocenters. The number of aliphatic hydroxyl groups excluding tert-OH is 1. The number of halogens is 1. The molecule has 2 aromatic heterocycles. The maximum atomic E-state index is 13.1. The molecular formula is C21H19FN4O2S2. The van der Waals surface area contributed by atoms with E-state index in [4.69, 9.17) is 0 Å². The summed E-state index contributed by atoms with van der Waals surface area (Å²) in [6, 6.07) is 12.2. The van der Waals surface area contributed by atoms with Gasteiger partial charge in [0.1, 0.15) is 5.82 Å². The van der Waals surface area contributed by atoms with E-state index >= 15 is 0 Å². The van der Waals surface area contributed by atoms with Gasteiger partial charge in [-0.05, 0) is 42.3 Å². The molecule has 0 saturated carbocycles. The van der Waals surface area contributed by atoms with Crippen LogP contribution in [0.2, 0.25) is 0 Å². The van der Waals surface area contributed by atoms with Gasteiger partial charge in [-0.1, -0.05) is 41.3 Å². The second kappa shape index (κ2) is 8.95. The number of amides is 1. The van der Waals surface area contributed by atoms with Crippen molar-refractivity contribution < 1.29 is 14.3 Å². The minimum Gasteiger partial charge on any atom is -0.390 e. The third kappa shape index (κ3) is 4.86. The van der Waals surface area contributed by atoms with Gasteiger partial charge in [-0.2, -0.15) is 0 Å². The Morgan fingerprint density at radius 1 is 1.23 bits per heavy atom. The zero-order chi connectivity index (χ0) is 21.1. The average Bonchev–Trinajstić information content (AvgIpc) is 3.30. The van der Waals surface area contributed by atoms with E-state index in [0.29, 0.717) is 22.5 Å². The highest BCUT2D eigenvalue weighted by Crippen LogP contribution is 2.27. The zero-order valence-electron chi connectivity index (χ0n) is 16.1. The van der Waals surface area contributed by atoms with E-state index in [1.165, 1.54) is 35.2 Å². The number of imidazole rings is 1. The molecule has 0 radical (unpaired) electrons. The van der Waals surface area contributed by atoms with Crippen LogP contribution in [0.1, 0.15) is 16.8 Å². The zero-order valence-corrected chi connectivity index (χ0v) is 17.8. The Balaban J connectivity index is 1.42.